The van der Waals surface area contributed by atoms with E-state index in [0.717, 1.165) is 5.69 Å². The van der Waals surface area contributed by atoms with Crippen LogP contribution in [0.5, 0.6) is 0 Å². The molecule has 1 aliphatic heterocycles. The second-order valence-corrected chi connectivity index (χ2v) is 7.12. The molecule has 0 saturated carbocycles. The van der Waals surface area contributed by atoms with E-state index in [1.807, 2.05) is 0 Å². The molecule has 0 bridgehead atoms. The van der Waals surface area contributed by atoms with Crippen LogP contribution >= 0.6 is 27.5 Å². The predicted octanol–water partition coefficient (Wildman–Crippen LogP) is 5.16. The van der Waals surface area contributed by atoms with E-state index in [1.54, 1.807) is 0 Å². The Bertz CT molecular complexity index is 452. The lowest BCUT2D eigenvalue weighted by Crippen LogP contribution is -2.39. The van der Waals surface area contributed by atoms with Crippen LogP contribution in [0, 0.1) is 11.7 Å². The highest BCUT2D eigenvalue weighted by molar-refractivity contribution is 9.10. The topological polar surface area (TPSA) is 15.3 Å². The molecule has 5 heteroatoms. The third kappa shape index (κ3) is 4.57. The summed E-state index contributed by atoms with van der Waals surface area (Å²) in [5.74, 6) is 0.309. The van der Waals surface area contributed by atoms with Gasteiger partial charge in [0.1, 0.15) is 5.82 Å². The van der Waals surface area contributed by atoms with Crippen molar-refractivity contribution < 1.29 is 4.39 Å². The maximum Gasteiger partial charge on any atom is 0.125 e. The van der Waals surface area contributed by atoms with Crippen molar-refractivity contribution >= 4 is 33.2 Å². The number of rotatable bonds is 5. The van der Waals surface area contributed by atoms with Gasteiger partial charge in [0.15, 0.2) is 0 Å². The molecule has 1 saturated heterocycles. The fourth-order valence-corrected chi connectivity index (χ4v) is 3.94. The molecular formula is C16H23BrClFN2. The van der Waals surface area contributed by atoms with Crippen LogP contribution in [0.15, 0.2) is 16.6 Å². The lowest BCUT2D eigenvalue weighted by molar-refractivity contribution is 0.176. The first kappa shape index (κ1) is 17.0. The Balaban J connectivity index is 1.95. The van der Waals surface area contributed by atoms with Gasteiger partial charge >= 0.3 is 0 Å². The maximum atomic E-state index is 13.3. The van der Waals surface area contributed by atoms with Crippen molar-refractivity contribution in [2.24, 2.45) is 5.92 Å². The van der Waals surface area contributed by atoms with Gasteiger partial charge in [-0.25, -0.2) is 4.39 Å². The zero-order chi connectivity index (χ0) is 15.4. The highest BCUT2D eigenvalue weighted by atomic mass is 79.9. The van der Waals surface area contributed by atoms with Gasteiger partial charge in [-0.1, -0.05) is 18.5 Å². The number of piperidine rings is 1. The Hall–Kier alpha value is -0.320. The molecule has 0 spiro atoms. The Morgan fingerprint density at radius 3 is 2.67 bits per heavy atom. The molecule has 0 radical (unpaired) electrons. The quantitative estimate of drug-likeness (QED) is 0.762. The minimum absolute atomic E-state index is 0.321. The minimum atomic E-state index is -0.321. The van der Waals surface area contributed by atoms with Crippen molar-refractivity contribution in [3.8, 4) is 0 Å². The summed E-state index contributed by atoms with van der Waals surface area (Å²) in [6.45, 7) is 7.95. The second-order valence-electron chi connectivity index (χ2n) is 5.86. The molecule has 1 atom stereocenters. The zero-order valence-corrected chi connectivity index (χ0v) is 15.0. The van der Waals surface area contributed by atoms with Crippen molar-refractivity contribution in [1.82, 2.24) is 4.90 Å². The summed E-state index contributed by atoms with van der Waals surface area (Å²) in [6.07, 6.45) is 3.62. The molecule has 1 N–H and O–H groups in total. The first-order valence-electron chi connectivity index (χ1n) is 7.64. The van der Waals surface area contributed by atoms with Gasteiger partial charge in [0.05, 0.1) is 10.7 Å². The summed E-state index contributed by atoms with van der Waals surface area (Å²) >= 11 is 9.53. The van der Waals surface area contributed by atoms with Gasteiger partial charge in [-0.3, -0.25) is 0 Å². The van der Waals surface area contributed by atoms with Crippen LogP contribution in [-0.2, 0) is 0 Å². The average Bonchev–Trinajstić information content (AvgIpc) is 2.43. The summed E-state index contributed by atoms with van der Waals surface area (Å²) in [7, 11) is 0. The fraction of sp³-hybridized carbons (Fsp3) is 0.625. The van der Waals surface area contributed by atoms with E-state index < -0.39 is 0 Å². The standard InChI is InChI=1S/C16H23BrClFN2/c1-3-6-21-7-4-12(5-8-21)11(2)20-16-14(17)9-13(19)10-15(16)18/h9-12,20H,3-8H2,1-2H3. The minimum Gasteiger partial charge on any atom is -0.380 e. The van der Waals surface area contributed by atoms with E-state index >= 15 is 0 Å². The molecule has 1 heterocycles. The fourth-order valence-electron chi connectivity index (χ4n) is 3.02. The van der Waals surface area contributed by atoms with Crippen molar-refractivity contribution in [1.29, 1.82) is 0 Å². The van der Waals surface area contributed by atoms with Gasteiger partial charge in [-0.2, -0.15) is 0 Å². The molecule has 0 amide bonds. The maximum absolute atomic E-state index is 13.3. The average molecular weight is 378 g/mol. The zero-order valence-electron chi connectivity index (χ0n) is 12.6. The Morgan fingerprint density at radius 1 is 1.43 bits per heavy atom. The van der Waals surface area contributed by atoms with Crippen molar-refractivity contribution in [2.75, 3.05) is 25.0 Å². The number of benzene rings is 1. The van der Waals surface area contributed by atoms with E-state index in [2.05, 4.69) is 40.0 Å². The second kappa shape index (κ2) is 7.80. The van der Waals surface area contributed by atoms with Gasteiger partial charge in [-0.15, -0.1) is 0 Å². The molecule has 1 fully saturated rings. The molecule has 2 nitrogen and oxygen atoms in total. The van der Waals surface area contributed by atoms with Gasteiger partial charge < -0.3 is 10.2 Å². The predicted molar refractivity (Wildman–Crippen MR) is 91.6 cm³/mol. The Kier molecular flexibility index (Phi) is 6.33. The molecule has 0 aromatic heterocycles. The van der Waals surface area contributed by atoms with Crippen LogP contribution in [0.3, 0.4) is 0 Å². The first-order chi connectivity index (χ1) is 10.0. The molecule has 1 unspecified atom stereocenters. The van der Waals surface area contributed by atoms with E-state index in [1.165, 1.54) is 51.0 Å². The van der Waals surface area contributed by atoms with Gasteiger partial charge in [0.2, 0.25) is 0 Å². The highest BCUT2D eigenvalue weighted by Crippen LogP contribution is 2.34. The summed E-state index contributed by atoms with van der Waals surface area (Å²) in [6, 6.07) is 3.13. The van der Waals surface area contributed by atoms with E-state index in [4.69, 9.17) is 11.6 Å². The van der Waals surface area contributed by atoms with Crippen LogP contribution in [-0.4, -0.2) is 30.6 Å². The highest BCUT2D eigenvalue weighted by Gasteiger charge is 2.24. The lowest BCUT2D eigenvalue weighted by atomic mass is 9.90. The molecule has 1 aromatic rings. The van der Waals surface area contributed by atoms with Crippen LogP contribution in [0.25, 0.3) is 0 Å². The number of hydrogen-bond donors (Lipinski definition) is 1. The van der Waals surface area contributed by atoms with Crippen molar-refractivity contribution in [2.45, 2.75) is 39.2 Å². The number of likely N-dealkylation sites (tertiary alicyclic amines) is 1. The molecule has 21 heavy (non-hydrogen) atoms. The number of nitrogens with zero attached hydrogens (tertiary/aromatic N) is 1. The van der Waals surface area contributed by atoms with E-state index in [-0.39, 0.29) is 5.82 Å². The van der Waals surface area contributed by atoms with Gasteiger partial charge in [0, 0.05) is 10.5 Å². The van der Waals surface area contributed by atoms with Crippen LogP contribution in [0.2, 0.25) is 5.02 Å². The number of nitrogens with one attached hydrogen (secondary N) is 1. The molecule has 0 aliphatic carbocycles. The van der Waals surface area contributed by atoms with Gasteiger partial charge in [-0.05, 0) is 79.8 Å². The monoisotopic (exact) mass is 376 g/mol. The Morgan fingerprint density at radius 2 is 2.10 bits per heavy atom. The molecular weight excluding hydrogens is 355 g/mol. The van der Waals surface area contributed by atoms with Crippen molar-refractivity contribution in [3.05, 3.63) is 27.4 Å². The molecule has 2 rings (SSSR count). The summed E-state index contributed by atoms with van der Waals surface area (Å²) in [5.41, 5.74) is 0.793. The third-order valence-corrected chi connectivity index (χ3v) is 5.18. The van der Waals surface area contributed by atoms with Crippen LogP contribution in [0.1, 0.15) is 33.1 Å². The summed E-state index contributed by atoms with van der Waals surface area (Å²) in [4.78, 5) is 2.53. The summed E-state index contributed by atoms with van der Waals surface area (Å²) in [5, 5.41) is 3.89. The first-order valence-corrected chi connectivity index (χ1v) is 8.81. The largest absolute Gasteiger partial charge is 0.380 e. The lowest BCUT2D eigenvalue weighted by Gasteiger charge is -2.35. The molecule has 1 aromatic carbocycles. The number of anilines is 1. The summed E-state index contributed by atoms with van der Waals surface area (Å²) < 4.78 is 14.0. The number of halogens is 3. The molecule has 1 aliphatic rings. The SMILES string of the molecule is CCCN1CCC(C(C)Nc2c(Cl)cc(F)cc2Br)CC1. The number of hydrogen-bond acceptors (Lipinski definition) is 2. The Labute approximate surface area is 140 Å². The van der Waals surface area contributed by atoms with Crippen LogP contribution < -0.4 is 5.32 Å². The van der Waals surface area contributed by atoms with Gasteiger partial charge in [0.25, 0.3) is 0 Å². The third-order valence-electron chi connectivity index (χ3n) is 4.26. The normalized spacial score (nSPS) is 18.7. The van der Waals surface area contributed by atoms with Crippen LogP contribution in [0.4, 0.5) is 10.1 Å². The smallest absolute Gasteiger partial charge is 0.125 e. The molecule has 118 valence electrons. The van der Waals surface area contributed by atoms with E-state index in [9.17, 15) is 4.39 Å². The van der Waals surface area contributed by atoms with Crippen molar-refractivity contribution in [3.63, 3.8) is 0 Å². The van der Waals surface area contributed by atoms with E-state index in [0.29, 0.717) is 21.5 Å².